The summed E-state index contributed by atoms with van der Waals surface area (Å²) >= 11 is 0. The quantitative estimate of drug-likeness (QED) is 0.361. The van der Waals surface area contributed by atoms with E-state index in [1.54, 1.807) is 0 Å². The molecule has 2 aromatic carbocycles. The molecule has 0 spiro atoms. The third-order valence-corrected chi connectivity index (χ3v) is 7.07. The van der Waals surface area contributed by atoms with Crippen molar-refractivity contribution in [2.24, 2.45) is 0 Å². The van der Waals surface area contributed by atoms with E-state index in [4.69, 9.17) is 4.74 Å². The van der Waals surface area contributed by atoms with E-state index in [2.05, 4.69) is 69.6 Å². The summed E-state index contributed by atoms with van der Waals surface area (Å²) in [5.41, 5.74) is 3.99. The van der Waals surface area contributed by atoms with Crippen molar-refractivity contribution in [1.82, 2.24) is 30.1 Å². The highest BCUT2D eigenvalue weighted by atomic mass is 16.5. The van der Waals surface area contributed by atoms with Gasteiger partial charge in [0.2, 0.25) is 0 Å². The predicted octanol–water partition coefficient (Wildman–Crippen LogP) is 4.20. The fourth-order valence-corrected chi connectivity index (χ4v) is 5.14. The van der Waals surface area contributed by atoms with Gasteiger partial charge in [-0.15, -0.1) is 5.10 Å². The van der Waals surface area contributed by atoms with E-state index in [-0.39, 0.29) is 17.7 Å². The lowest BCUT2D eigenvalue weighted by molar-refractivity contribution is 0.0893. The molecule has 1 fully saturated rings. The number of benzene rings is 2. The monoisotopic (exact) mass is 486 g/mol. The average molecular weight is 487 g/mol. The van der Waals surface area contributed by atoms with Crippen LogP contribution in [0.3, 0.4) is 0 Å². The van der Waals surface area contributed by atoms with E-state index in [0.29, 0.717) is 13.1 Å². The van der Waals surface area contributed by atoms with Gasteiger partial charge in [0, 0.05) is 30.8 Å². The number of pyridine rings is 1. The second kappa shape index (κ2) is 11.1. The van der Waals surface area contributed by atoms with Crippen LogP contribution >= 0.6 is 0 Å². The second-order valence-electron chi connectivity index (χ2n) is 9.70. The lowest BCUT2D eigenvalue weighted by atomic mass is 10.1. The van der Waals surface area contributed by atoms with Crippen LogP contribution in [0.15, 0.2) is 59.4 Å². The highest BCUT2D eigenvalue weighted by Gasteiger charge is 2.27. The molecule has 0 amide bonds. The first kappa shape index (κ1) is 24.3. The molecule has 1 N–H and O–H groups in total. The summed E-state index contributed by atoms with van der Waals surface area (Å²) in [7, 11) is 0. The van der Waals surface area contributed by atoms with E-state index in [0.717, 1.165) is 61.1 Å². The van der Waals surface area contributed by atoms with Crippen LogP contribution in [-0.2, 0) is 24.2 Å². The highest BCUT2D eigenvalue weighted by Crippen LogP contribution is 2.26. The summed E-state index contributed by atoms with van der Waals surface area (Å²) < 4.78 is 7.74. The first-order valence-corrected chi connectivity index (χ1v) is 12.9. The van der Waals surface area contributed by atoms with Gasteiger partial charge in [-0.1, -0.05) is 48.9 Å². The van der Waals surface area contributed by atoms with E-state index in [1.807, 2.05) is 28.9 Å². The van der Waals surface area contributed by atoms with Crippen molar-refractivity contribution in [1.29, 1.82) is 0 Å². The van der Waals surface area contributed by atoms with Crippen molar-refractivity contribution in [3.05, 3.63) is 87.5 Å². The number of aromatic nitrogens is 5. The van der Waals surface area contributed by atoms with Crippen molar-refractivity contribution in [2.75, 3.05) is 13.2 Å². The average Bonchev–Trinajstić information content (AvgIpc) is 3.57. The van der Waals surface area contributed by atoms with Gasteiger partial charge in [0.05, 0.1) is 18.7 Å². The summed E-state index contributed by atoms with van der Waals surface area (Å²) in [6.45, 7) is 6.96. The molecule has 36 heavy (non-hydrogen) atoms. The van der Waals surface area contributed by atoms with Gasteiger partial charge in [0.15, 0.2) is 5.82 Å². The Morgan fingerprint density at radius 2 is 2.06 bits per heavy atom. The van der Waals surface area contributed by atoms with Crippen LogP contribution in [0.25, 0.3) is 10.9 Å². The van der Waals surface area contributed by atoms with Gasteiger partial charge in [-0.25, -0.2) is 4.68 Å². The number of ether oxygens (including phenoxy) is 1. The first-order valence-electron chi connectivity index (χ1n) is 12.9. The lowest BCUT2D eigenvalue weighted by Gasteiger charge is -2.30. The standard InChI is InChI=1S/C28H34N6O2/c1-3-26(27-30-31-32-34(27)19-24-10-7-15-36-24)33(14-13-21-8-5-4-6-9-21)18-23-17-22-16-20(2)11-12-25(22)29-28(23)35/h4-6,8-9,11-12,16-17,24,26H,3,7,10,13-15,18-19H2,1-2H3,(H,29,35)/t24-,26+/m1/s1. The predicted molar refractivity (Wildman–Crippen MR) is 140 cm³/mol. The van der Waals surface area contributed by atoms with Crippen LogP contribution in [0.4, 0.5) is 0 Å². The summed E-state index contributed by atoms with van der Waals surface area (Å²) in [6, 6.07) is 18.6. The van der Waals surface area contributed by atoms with E-state index in [1.165, 1.54) is 11.1 Å². The maximum absolute atomic E-state index is 13.1. The van der Waals surface area contributed by atoms with E-state index < -0.39 is 0 Å². The van der Waals surface area contributed by atoms with Crippen LogP contribution < -0.4 is 5.56 Å². The molecule has 0 bridgehead atoms. The Hall–Kier alpha value is -3.36. The Balaban J connectivity index is 1.46. The molecule has 2 atom stereocenters. The van der Waals surface area contributed by atoms with Crippen molar-refractivity contribution >= 4 is 10.9 Å². The zero-order chi connectivity index (χ0) is 24.9. The smallest absolute Gasteiger partial charge is 0.252 e. The first-order chi connectivity index (χ1) is 17.6. The molecular weight excluding hydrogens is 452 g/mol. The number of fused-ring (bicyclic) bond motifs is 1. The zero-order valence-electron chi connectivity index (χ0n) is 21.1. The van der Waals surface area contributed by atoms with Crippen molar-refractivity contribution < 1.29 is 4.74 Å². The van der Waals surface area contributed by atoms with Crippen molar-refractivity contribution in [3.8, 4) is 0 Å². The van der Waals surface area contributed by atoms with Gasteiger partial charge in [0.1, 0.15) is 0 Å². The Bertz CT molecular complexity index is 1340. The molecule has 0 unspecified atom stereocenters. The Morgan fingerprint density at radius 1 is 1.19 bits per heavy atom. The minimum Gasteiger partial charge on any atom is -0.376 e. The molecule has 1 aliphatic heterocycles. The number of rotatable bonds is 10. The summed E-state index contributed by atoms with van der Waals surface area (Å²) in [5.74, 6) is 0.828. The second-order valence-corrected chi connectivity index (χ2v) is 9.70. The molecule has 4 aromatic rings. The largest absolute Gasteiger partial charge is 0.376 e. The molecule has 1 aliphatic rings. The van der Waals surface area contributed by atoms with Gasteiger partial charge >= 0.3 is 0 Å². The molecule has 2 aromatic heterocycles. The molecule has 8 heteroatoms. The molecule has 3 heterocycles. The minimum absolute atomic E-state index is 0.0299. The Labute approximate surface area is 211 Å². The topological polar surface area (TPSA) is 88.9 Å². The number of aromatic amines is 1. The van der Waals surface area contributed by atoms with Crippen LogP contribution in [0.2, 0.25) is 0 Å². The Morgan fingerprint density at radius 3 is 2.83 bits per heavy atom. The van der Waals surface area contributed by atoms with E-state index in [9.17, 15) is 4.79 Å². The number of hydrogen-bond donors (Lipinski definition) is 1. The maximum Gasteiger partial charge on any atom is 0.252 e. The number of hydrogen-bond acceptors (Lipinski definition) is 6. The third-order valence-electron chi connectivity index (χ3n) is 7.07. The maximum atomic E-state index is 13.1. The molecule has 0 radical (unpaired) electrons. The summed E-state index contributed by atoms with van der Waals surface area (Å²) in [5, 5.41) is 13.8. The summed E-state index contributed by atoms with van der Waals surface area (Å²) in [4.78, 5) is 18.5. The van der Waals surface area contributed by atoms with Gasteiger partial charge < -0.3 is 9.72 Å². The molecule has 0 aliphatic carbocycles. The number of aryl methyl sites for hydroxylation is 1. The molecule has 8 nitrogen and oxygen atoms in total. The van der Waals surface area contributed by atoms with Gasteiger partial charge in [-0.3, -0.25) is 9.69 Å². The fraction of sp³-hybridized carbons (Fsp3) is 0.429. The highest BCUT2D eigenvalue weighted by molar-refractivity contribution is 5.79. The van der Waals surface area contributed by atoms with Crippen LogP contribution in [0.5, 0.6) is 0 Å². The normalized spacial score (nSPS) is 16.7. The number of tetrazole rings is 1. The van der Waals surface area contributed by atoms with E-state index >= 15 is 0 Å². The SMILES string of the molecule is CC[C@@H](c1nnnn1C[C@H]1CCCO1)N(CCc1ccccc1)Cc1cc2cc(C)ccc2[nH]c1=O. The van der Waals surface area contributed by atoms with Crippen LogP contribution in [0.1, 0.15) is 54.7 Å². The molecular formula is C28H34N6O2. The van der Waals surface area contributed by atoms with Crippen molar-refractivity contribution in [2.45, 2.75) is 64.8 Å². The minimum atomic E-state index is -0.0511. The van der Waals surface area contributed by atoms with Crippen molar-refractivity contribution in [3.63, 3.8) is 0 Å². The number of nitrogens with one attached hydrogen (secondary N) is 1. The van der Waals surface area contributed by atoms with Crippen LogP contribution in [-0.4, -0.2) is 49.3 Å². The van der Waals surface area contributed by atoms with Gasteiger partial charge in [-0.2, -0.15) is 0 Å². The molecule has 1 saturated heterocycles. The summed E-state index contributed by atoms with van der Waals surface area (Å²) in [6.07, 6.45) is 3.95. The zero-order valence-corrected chi connectivity index (χ0v) is 21.1. The fourth-order valence-electron chi connectivity index (χ4n) is 5.14. The molecule has 0 saturated carbocycles. The molecule has 188 valence electrons. The lowest BCUT2D eigenvalue weighted by Crippen LogP contribution is -2.34. The third kappa shape index (κ3) is 5.55. The number of H-pyrrole nitrogens is 1. The number of nitrogens with zero attached hydrogens (tertiary/aromatic N) is 5. The molecule has 5 rings (SSSR count). The Kier molecular flexibility index (Phi) is 7.53. The van der Waals surface area contributed by atoms with Crippen LogP contribution in [0, 0.1) is 6.92 Å². The van der Waals surface area contributed by atoms with Gasteiger partial charge in [0.25, 0.3) is 5.56 Å². The van der Waals surface area contributed by atoms with Gasteiger partial charge in [-0.05, 0) is 72.2 Å².